The number of anilines is 2. The summed E-state index contributed by atoms with van der Waals surface area (Å²) in [4.78, 5) is 9.21. The van der Waals surface area contributed by atoms with Gasteiger partial charge in [0.2, 0.25) is 5.95 Å². The first kappa shape index (κ1) is 15.4. The van der Waals surface area contributed by atoms with Gasteiger partial charge in [0.25, 0.3) is 0 Å². The van der Waals surface area contributed by atoms with Crippen LogP contribution in [0.4, 0.5) is 11.6 Å². The molecule has 4 rings (SSSR count). The predicted octanol–water partition coefficient (Wildman–Crippen LogP) is 4.00. The fraction of sp³-hybridized carbons (Fsp3) is 0.200. The van der Waals surface area contributed by atoms with Crippen LogP contribution >= 0.6 is 0 Å². The van der Waals surface area contributed by atoms with E-state index < -0.39 is 0 Å². The van der Waals surface area contributed by atoms with Crippen molar-refractivity contribution in [2.75, 3.05) is 19.5 Å². The summed E-state index contributed by atoms with van der Waals surface area (Å²) in [6, 6.07) is 13.9. The molecule has 1 N–H and O–H groups in total. The molecule has 0 spiro atoms. The summed E-state index contributed by atoms with van der Waals surface area (Å²) in [5.74, 6) is 2.29. The fourth-order valence-electron chi connectivity index (χ4n) is 3.09. The molecular weight excluding hydrogens is 314 g/mol. The summed E-state index contributed by atoms with van der Waals surface area (Å²) in [5.41, 5.74) is 5.52. The van der Waals surface area contributed by atoms with Crippen molar-refractivity contribution in [3.05, 3.63) is 59.8 Å². The van der Waals surface area contributed by atoms with Gasteiger partial charge in [0.15, 0.2) is 0 Å². The highest BCUT2D eigenvalue weighted by molar-refractivity contribution is 5.71. The molecule has 1 aromatic heterocycles. The Kier molecular flexibility index (Phi) is 3.98. The van der Waals surface area contributed by atoms with E-state index in [1.807, 2.05) is 36.5 Å². The lowest BCUT2D eigenvalue weighted by Crippen LogP contribution is -2.09. The quantitative estimate of drug-likeness (QED) is 0.782. The largest absolute Gasteiger partial charge is 0.497 e. The SMILES string of the molecule is COc1ccc(Nc2ncc3c(n2)-c2ccc(OC)cc2CC3)cc1. The smallest absolute Gasteiger partial charge is 0.227 e. The van der Waals surface area contributed by atoms with Crippen LogP contribution in [0.2, 0.25) is 0 Å². The average molecular weight is 333 g/mol. The highest BCUT2D eigenvalue weighted by atomic mass is 16.5. The number of benzene rings is 2. The molecule has 1 aliphatic carbocycles. The number of aromatic nitrogens is 2. The molecule has 0 aliphatic heterocycles. The van der Waals surface area contributed by atoms with Crippen LogP contribution < -0.4 is 14.8 Å². The summed E-state index contributed by atoms with van der Waals surface area (Å²) < 4.78 is 10.5. The van der Waals surface area contributed by atoms with Crippen molar-refractivity contribution < 1.29 is 9.47 Å². The Morgan fingerprint density at radius 1 is 0.880 bits per heavy atom. The van der Waals surface area contributed by atoms with Crippen molar-refractivity contribution in [1.82, 2.24) is 9.97 Å². The van der Waals surface area contributed by atoms with Gasteiger partial charge >= 0.3 is 0 Å². The van der Waals surface area contributed by atoms with Gasteiger partial charge in [-0.3, -0.25) is 0 Å². The Hall–Kier alpha value is -3.08. The van der Waals surface area contributed by atoms with Crippen molar-refractivity contribution >= 4 is 11.6 Å². The number of rotatable bonds is 4. The van der Waals surface area contributed by atoms with Gasteiger partial charge in [-0.25, -0.2) is 9.97 Å². The van der Waals surface area contributed by atoms with Crippen molar-refractivity contribution in [1.29, 1.82) is 0 Å². The second-order valence-electron chi connectivity index (χ2n) is 5.94. The molecule has 0 amide bonds. The Morgan fingerprint density at radius 3 is 2.36 bits per heavy atom. The van der Waals surface area contributed by atoms with Crippen LogP contribution in [0.15, 0.2) is 48.7 Å². The van der Waals surface area contributed by atoms with Gasteiger partial charge in [-0.2, -0.15) is 0 Å². The summed E-state index contributed by atoms with van der Waals surface area (Å²) in [7, 11) is 3.35. The Morgan fingerprint density at radius 2 is 1.60 bits per heavy atom. The number of hydrogen-bond donors (Lipinski definition) is 1. The van der Waals surface area contributed by atoms with Crippen LogP contribution in [0.3, 0.4) is 0 Å². The third-order valence-corrected chi connectivity index (χ3v) is 4.44. The maximum atomic E-state index is 5.33. The molecule has 0 atom stereocenters. The van der Waals surface area contributed by atoms with Crippen LogP contribution in [0.5, 0.6) is 11.5 Å². The molecule has 0 saturated carbocycles. The molecule has 0 fully saturated rings. The third-order valence-electron chi connectivity index (χ3n) is 4.44. The maximum Gasteiger partial charge on any atom is 0.227 e. The van der Waals surface area contributed by atoms with Crippen molar-refractivity contribution in [2.24, 2.45) is 0 Å². The van der Waals surface area contributed by atoms with Gasteiger partial charge in [0.1, 0.15) is 11.5 Å². The van der Waals surface area contributed by atoms with Gasteiger partial charge in [-0.15, -0.1) is 0 Å². The minimum absolute atomic E-state index is 0.590. The molecule has 1 aliphatic rings. The topological polar surface area (TPSA) is 56.3 Å². The molecule has 2 aromatic carbocycles. The van der Waals surface area contributed by atoms with E-state index in [0.29, 0.717) is 5.95 Å². The van der Waals surface area contributed by atoms with Crippen molar-refractivity contribution in [3.63, 3.8) is 0 Å². The van der Waals surface area contributed by atoms with Gasteiger partial charge in [-0.05, 0) is 66.4 Å². The molecule has 126 valence electrons. The van der Waals surface area contributed by atoms with Gasteiger partial charge in [-0.1, -0.05) is 0 Å². The molecule has 0 saturated heterocycles. The molecule has 1 heterocycles. The molecular formula is C20H19N3O2. The number of ether oxygens (including phenoxy) is 2. The van der Waals surface area contributed by atoms with Gasteiger partial charge in [0.05, 0.1) is 19.9 Å². The van der Waals surface area contributed by atoms with Crippen LogP contribution in [-0.4, -0.2) is 24.2 Å². The van der Waals surface area contributed by atoms with Crippen LogP contribution in [-0.2, 0) is 12.8 Å². The number of fused-ring (bicyclic) bond motifs is 3. The molecule has 5 nitrogen and oxygen atoms in total. The molecule has 0 radical (unpaired) electrons. The zero-order valence-electron chi connectivity index (χ0n) is 14.2. The van der Waals surface area contributed by atoms with E-state index in [1.54, 1.807) is 14.2 Å². The average Bonchev–Trinajstić information content (AvgIpc) is 2.68. The number of nitrogens with zero attached hydrogens (tertiary/aromatic N) is 2. The Labute approximate surface area is 146 Å². The Balaban J connectivity index is 1.66. The first-order valence-electron chi connectivity index (χ1n) is 8.21. The van der Waals surface area contributed by atoms with E-state index in [-0.39, 0.29) is 0 Å². The Bertz CT molecular complexity index is 907. The molecule has 25 heavy (non-hydrogen) atoms. The lowest BCUT2D eigenvalue weighted by atomic mass is 9.90. The third kappa shape index (κ3) is 3.01. The molecule has 0 bridgehead atoms. The normalized spacial score (nSPS) is 12.1. The van der Waals surface area contributed by atoms with Gasteiger partial charge < -0.3 is 14.8 Å². The zero-order chi connectivity index (χ0) is 17.2. The van der Waals surface area contributed by atoms with E-state index in [2.05, 4.69) is 22.4 Å². The highest BCUT2D eigenvalue weighted by Crippen LogP contribution is 2.34. The highest BCUT2D eigenvalue weighted by Gasteiger charge is 2.19. The monoisotopic (exact) mass is 333 g/mol. The lowest BCUT2D eigenvalue weighted by molar-refractivity contribution is 0.414. The summed E-state index contributed by atoms with van der Waals surface area (Å²) in [6.45, 7) is 0. The summed E-state index contributed by atoms with van der Waals surface area (Å²) >= 11 is 0. The van der Waals surface area contributed by atoms with Crippen LogP contribution in [0.1, 0.15) is 11.1 Å². The molecule has 5 heteroatoms. The van der Waals surface area contributed by atoms with Crippen LogP contribution in [0.25, 0.3) is 11.3 Å². The fourth-order valence-corrected chi connectivity index (χ4v) is 3.09. The van der Waals surface area contributed by atoms with Gasteiger partial charge in [0, 0.05) is 17.4 Å². The first-order chi connectivity index (χ1) is 12.3. The van der Waals surface area contributed by atoms with E-state index >= 15 is 0 Å². The zero-order valence-corrected chi connectivity index (χ0v) is 14.2. The van der Waals surface area contributed by atoms with E-state index in [1.165, 1.54) is 11.1 Å². The number of nitrogens with one attached hydrogen (secondary N) is 1. The predicted molar refractivity (Wildman–Crippen MR) is 97.7 cm³/mol. The van der Waals surface area contributed by atoms with Crippen molar-refractivity contribution in [3.8, 4) is 22.8 Å². The second-order valence-corrected chi connectivity index (χ2v) is 5.94. The standard InChI is InChI=1S/C20H19N3O2/c1-24-16-7-5-15(6-8-16)22-20-21-12-14-4-3-13-11-17(25-2)9-10-18(13)19(14)23-20/h5-12H,3-4H2,1-2H3,(H,21,22,23). The molecule has 0 unspecified atom stereocenters. The number of hydrogen-bond acceptors (Lipinski definition) is 5. The minimum atomic E-state index is 0.590. The van der Waals surface area contributed by atoms with Crippen LogP contribution in [0, 0.1) is 0 Å². The minimum Gasteiger partial charge on any atom is -0.497 e. The summed E-state index contributed by atoms with van der Waals surface area (Å²) in [6.07, 6.45) is 3.84. The number of methoxy groups -OCH3 is 2. The van der Waals surface area contributed by atoms with E-state index in [4.69, 9.17) is 14.5 Å². The number of aryl methyl sites for hydroxylation is 2. The maximum absolute atomic E-state index is 5.33. The first-order valence-corrected chi connectivity index (χ1v) is 8.21. The second kappa shape index (κ2) is 6.43. The molecule has 3 aromatic rings. The summed E-state index contributed by atoms with van der Waals surface area (Å²) in [5, 5.41) is 3.26. The lowest BCUT2D eigenvalue weighted by Gasteiger charge is -2.20. The van der Waals surface area contributed by atoms with Crippen molar-refractivity contribution in [2.45, 2.75) is 12.8 Å². The van der Waals surface area contributed by atoms with E-state index in [9.17, 15) is 0 Å². The van der Waals surface area contributed by atoms with E-state index in [0.717, 1.165) is 41.3 Å².